The maximum absolute atomic E-state index is 12.4. The highest BCUT2D eigenvalue weighted by Crippen LogP contribution is 2.26. The Bertz CT molecular complexity index is 600. The zero-order valence-corrected chi connectivity index (χ0v) is 13.4. The first-order valence-electron chi connectivity index (χ1n) is 7.01. The summed E-state index contributed by atoms with van der Waals surface area (Å²) < 4.78 is 31.0. The van der Waals surface area contributed by atoms with Crippen LogP contribution in [-0.2, 0) is 14.8 Å². The highest BCUT2D eigenvalue weighted by molar-refractivity contribution is 7.89. The monoisotopic (exact) mass is 315 g/mol. The minimum Gasteiger partial charge on any atom is -0.360 e. The van der Waals surface area contributed by atoms with E-state index in [0.29, 0.717) is 12.2 Å². The van der Waals surface area contributed by atoms with E-state index in [1.807, 2.05) is 0 Å². The van der Waals surface area contributed by atoms with Gasteiger partial charge < -0.3 is 9.84 Å². The van der Waals surface area contributed by atoms with Crippen LogP contribution in [0.5, 0.6) is 0 Å². The standard InChI is InChI=1S/C13H21N3O4S/c1-9-12(10(2)20-15-9)21(18,19)16(3)8-7-14-13(17)11-5-4-6-11/h11H,4-8H2,1-3H3,(H,14,17). The second-order valence-electron chi connectivity index (χ2n) is 5.40. The molecular weight excluding hydrogens is 294 g/mol. The third-order valence-corrected chi connectivity index (χ3v) is 5.94. The van der Waals surface area contributed by atoms with Crippen molar-refractivity contribution < 1.29 is 17.7 Å². The lowest BCUT2D eigenvalue weighted by Crippen LogP contribution is -2.40. The van der Waals surface area contributed by atoms with Crippen molar-refractivity contribution in [3.63, 3.8) is 0 Å². The van der Waals surface area contributed by atoms with Gasteiger partial charge in [0.2, 0.25) is 15.9 Å². The average Bonchev–Trinajstić information content (AvgIpc) is 2.67. The topological polar surface area (TPSA) is 92.5 Å². The predicted octanol–water partition coefficient (Wildman–Crippen LogP) is 0.828. The molecule has 2 rings (SSSR count). The quantitative estimate of drug-likeness (QED) is 0.839. The largest absolute Gasteiger partial charge is 0.360 e. The van der Waals surface area contributed by atoms with Crippen molar-refractivity contribution in [2.24, 2.45) is 5.92 Å². The number of nitrogens with one attached hydrogen (secondary N) is 1. The third kappa shape index (κ3) is 3.26. The second kappa shape index (κ2) is 6.15. The number of aryl methyl sites for hydroxylation is 2. The Balaban J connectivity index is 1.93. The van der Waals surface area contributed by atoms with E-state index in [4.69, 9.17) is 4.52 Å². The lowest BCUT2D eigenvalue weighted by molar-refractivity contribution is -0.127. The average molecular weight is 315 g/mol. The number of carbonyl (C=O) groups is 1. The van der Waals surface area contributed by atoms with E-state index in [9.17, 15) is 13.2 Å². The van der Waals surface area contributed by atoms with Gasteiger partial charge in [0.1, 0.15) is 10.6 Å². The molecule has 0 radical (unpaired) electrons. The summed E-state index contributed by atoms with van der Waals surface area (Å²) in [4.78, 5) is 11.8. The number of carbonyl (C=O) groups excluding carboxylic acids is 1. The molecule has 8 heteroatoms. The molecule has 1 N–H and O–H groups in total. The number of amides is 1. The molecule has 1 aliphatic carbocycles. The van der Waals surface area contributed by atoms with Crippen LogP contribution in [0.1, 0.15) is 30.7 Å². The number of nitrogens with zero attached hydrogens (tertiary/aromatic N) is 2. The Labute approximate surface area is 124 Å². The van der Waals surface area contributed by atoms with E-state index in [1.165, 1.54) is 11.4 Å². The first-order chi connectivity index (χ1) is 9.84. The highest BCUT2D eigenvalue weighted by atomic mass is 32.2. The maximum Gasteiger partial charge on any atom is 0.248 e. The molecule has 1 saturated carbocycles. The van der Waals surface area contributed by atoms with Gasteiger partial charge in [0.15, 0.2) is 5.76 Å². The molecule has 7 nitrogen and oxygen atoms in total. The van der Waals surface area contributed by atoms with E-state index in [2.05, 4.69) is 10.5 Å². The summed E-state index contributed by atoms with van der Waals surface area (Å²) in [5.74, 6) is 0.400. The first-order valence-corrected chi connectivity index (χ1v) is 8.45. The Morgan fingerprint density at radius 2 is 2.10 bits per heavy atom. The van der Waals surface area contributed by atoms with E-state index in [-0.39, 0.29) is 29.0 Å². The summed E-state index contributed by atoms with van der Waals surface area (Å²) >= 11 is 0. The first kappa shape index (κ1) is 16.0. The Hall–Kier alpha value is -1.41. The van der Waals surface area contributed by atoms with Gasteiger partial charge in [0.05, 0.1) is 0 Å². The number of hydrogen-bond acceptors (Lipinski definition) is 5. The molecule has 0 aromatic carbocycles. The molecule has 0 spiro atoms. The van der Waals surface area contributed by atoms with Gasteiger partial charge in [-0.25, -0.2) is 8.42 Å². The summed E-state index contributed by atoms with van der Waals surface area (Å²) in [6, 6.07) is 0. The van der Waals surface area contributed by atoms with Crippen molar-refractivity contribution in [2.75, 3.05) is 20.1 Å². The van der Waals surface area contributed by atoms with Crippen molar-refractivity contribution >= 4 is 15.9 Å². The molecule has 0 saturated heterocycles. The van der Waals surface area contributed by atoms with Crippen LogP contribution in [0.2, 0.25) is 0 Å². The molecule has 1 aliphatic rings. The minimum atomic E-state index is -3.64. The van der Waals surface area contributed by atoms with E-state index >= 15 is 0 Å². The molecule has 1 heterocycles. The number of sulfonamides is 1. The van der Waals surface area contributed by atoms with Crippen LogP contribution in [0.15, 0.2) is 9.42 Å². The zero-order chi connectivity index (χ0) is 15.6. The van der Waals surface area contributed by atoms with Crippen LogP contribution in [0, 0.1) is 19.8 Å². The van der Waals surface area contributed by atoms with Gasteiger partial charge in [-0.2, -0.15) is 4.31 Å². The van der Waals surface area contributed by atoms with Crippen molar-refractivity contribution in [1.29, 1.82) is 0 Å². The van der Waals surface area contributed by atoms with E-state index in [1.54, 1.807) is 13.8 Å². The molecule has 0 bridgehead atoms. The van der Waals surface area contributed by atoms with Crippen molar-refractivity contribution in [1.82, 2.24) is 14.8 Å². The molecular formula is C13H21N3O4S. The number of aromatic nitrogens is 1. The molecule has 0 aliphatic heterocycles. The van der Waals surface area contributed by atoms with Gasteiger partial charge in [0.25, 0.3) is 0 Å². The Kier molecular flexibility index (Phi) is 4.67. The van der Waals surface area contributed by atoms with Crippen LogP contribution in [0.25, 0.3) is 0 Å². The summed E-state index contributed by atoms with van der Waals surface area (Å²) in [6.45, 7) is 3.67. The molecule has 21 heavy (non-hydrogen) atoms. The van der Waals surface area contributed by atoms with E-state index in [0.717, 1.165) is 19.3 Å². The van der Waals surface area contributed by atoms with Gasteiger partial charge >= 0.3 is 0 Å². The van der Waals surface area contributed by atoms with Crippen LogP contribution in [0.4, 0.5) is 0 Å². The maximum atomic E-state index is 12.4. The smallest absolute Gasteiger partial charge is 0.248 e. The lowest BCUT2D eigenvalue weighted by Gasteiger charge is -2.24. The highest BCUT2D eigenvalue weighted by Gasteiger charge is 2.29. The Morgan fingerprint density at radius 1 is 1.43 bits per heavy atom. The van der Waals surface area contributed by atoms with Crippen molar-refractivity contribution in [2.45, 2.75) is 38.0 Å². The zero-order valence-electron chi connectivity index (χ0n) is 12.5. The van der Waals surface area contributed by atoms with Crippen molar-refractivity contribution in [3.05, 3.63) is 11.5 Å². The van der Waals surface area contributed by atoms with Crippen LogP contribution in [-0.4, -0.2) is 43.9 Å². The Morgan fingerprint density at radius 3 is 2.57 bits per heavy atom. The fraction of sp³-hybridized carbons (Fsp3) is 0.692. The number of rotatable bonds is 6. The fourth-order valence-corrected chi connectivity index (χ4v) is 3.72. The van der Waals surface area contributed by atoms with Crippen LogP contribution < -0.4 is 5.32 Å². The molecule has 1 aromatic rings. The predicted molar refractivity (Wildman–Crippen MR) is 76.1 cm³/mol. The van der Waals surface area contributed by atoms with Gasteiger partial charge in [0, 0.05) is 26.1 Å². The fourth-order valence-electron chi connectivity index (χ4n) is 2.27. The van der Waals surface area contributed by atoms with Gasteiger partial charge in [-0.05, 0) is 26.7 Å². The number of likely N-dealkylation sites (N-methyl/N-ethyl adjacent to an activating group) is 1. The van der Waals surface area contributed by atoms with Gasteiger partial charge in [-0.15, -0.1) is 0 Å². The SMILES string of the molecule is Cc1noc(C)c1S(=O)(=O)N(C)CCNC(=O)C1CCC1. The van der Waals surface area contributed by atoms with E-state index < -0.39 is 10.0 Å². The normalized spacial score (nSPS) is 16.0. The summed E-state index contributed by atoms with van der Waals surface area (Å²) in [6.07, 6.45) is 2.95. The molecule has 0 unspecified atom stereocenters. The van der Waals surface area contributed by atoms with Gasteiger partial charge in [-0.1, -0.05) is 11.6 Å². The van der Waals surface area contributed by atoms with Crippen LogP contribution in [0.3, 0.4) is 0 Å². The molecule has 1 fully saturated rings. The van der Waals surface area contributed by atoms with Crippen molar-refractivity contribution in [3.8, 4) is 0 Å². The second-order valence-corrected chi connectivity index (χ2v) is 7.38. The molecule has 1 aromatic heterocycles. The van der Waals surface area contributed by atoms with Crippen LogP contribution >= 0.6 is 0 Å². The molecule has 0 atom stereocenters. The lowest BCUT2D eigenvalue weighted by atomic mass is 9.85. The summed E-state index contributed by atoms with van der Waals surface area (Å²) in [5, 5.41) is 6.44. The summed E-state index contributed by atoms with van der Waals surface area (Å²) in [7, 11) is -2.16. The third-order valence-electron chi connectivity index (χ3n) is 3.84. The van der Waals surface area contributed by atoms with Gasteiger partial charge in [-0.3, -0.25) is 4.79 Å². The summed E-state index contributed by atoms with van der Waals surface area (Å²) in [5.41, 5.74) is 0.345. The molecule has 118 valence electrons. The molecule has 1 amide bonds. The number of hydrogen-bond donors (Lipinski definition) is 1. The minimum absolute atomic E-state index is 0.0180.